The summed E-state index contributed by atoms with van der Waals surface area (Å²) in [5.74, 6) is -0.323. The van der Waals surface area contributed by atoms with Crippen LogP contribution in [0.2, 0.25) is 5.02 Å². The Bertz CT molecular complexity index is 728. The summed E-state index contributed by atoms with van der Waals surface area (Å²) >= 11 is 6.16. The molecule has 0 unspecified atom stereocenters. The lowest BCUT2D eigenvalue weighted by molar-refractivity contribution is 0.631. The van der Waals surface area contributed by atoms with Crippen LogP contribution in [0.4, 0.5) is 4.39 Å². The van der Waals surface area contributed by atoms with E-state index in [1.807, 2.05) is 6.07 Å². The van der Waals surface area contributed by atoms with E-state index >= 15 is 0 Å². The molecular weight excluding hydrogens is 251 g/mol. The number of hydrogen-bond donors (Lipinski definition) is 0. The van der Waals surface area contributed by atoms with Crippen molar-refractivity contribution in [1.29, 1.82) is 0 Å². The minimum absolute atomic E-state index is 0.323. The maximum atomic E-state index is 13.7. The zero-order valence-electron chi connectivity index (χ0n) is 9.27. The molecule has 88 valence electrons. The molecule has 2 nitrogen and oxygen atoms in total. The van der Waals surface area contributed by atoms with Crippen molar-refractivity contribution in [3.8, 4) is 11.3 Å². The third-order valence-electron chi connectivity index (χ3n) is 2.68. The number of fused-ring (bicyclic) bond motifs is 1. The Kier molecular flexibility index (Phi) is 2.68. The molecule has 0 saturated heterocycles. The maximum Gasteiger partial charge on any atom is 0.161 e. The number of halogens is 2. The van der Waals surface area contributed by atoms with Gasteiger partial charge in [-0.25, -0.2) is 14.4 Å². The summed E-state index contributed by atoms with van der Waals surface area (Å²) in [5, 5.41) is 1.28. The van der Waals surface area contributed by atoms with Gasteiger partial charge in [0.1, 0.15) is 5.82 Å². The molecule has 1 aromatic carbocycles. The highest BCUT2D eigenvalue weighted by atomic mass is 35.5. The Labute approximate surface area is 108 Å². The van der Waals surface area contributed by atoms with Crippen molar-refractivity contribution in [3.63, 3.8) is 0 Å². The predicted molar refractivity (Wildman–Crippen MR) is 69.9 cm³/mol. The van der Waals surface area contributed by atoms with Crippen molar-refractivity contribution in [1.82, 2.24) is 9.97 Å². The Morgan fingerprint density at radius 2 is 1.89 bits per heavy atom. The third-order valence-corrected chi connectivity index (χ3v) is 3.00. The molecule has 3 rings (SSSR count). The van der Waals surface area contributed by atoms with E-state index in [0.717, 1.165) is 5.39 Å². The summed E-state index contributed by atoms with van der Waals surface area (Å²) < 4.78 is 13.7. The van der Waals surface area contributed by atoms with E-state index in [4.69, 9.17) is 11.6 Å². The average Bonchev–Trinajstić information content (AvgIpc) is 2.39. The first-order valence-electron chi connectivity index (χ1n) is 5.42. The largest absolute Gasteiger partial charge is 0.237 e. The molecule has 0 spiro atoms. The van der Waals surface area contributed by atoms with Gasteiger partial charge in [0, 0.05) is 17.1 Å². The van der Waals surface area contributed by atoms with Gasteiger partial charge in [-0.05, 0) is 30.3 Å². The zero-order chi connectivity index (χ0) is 12.5. The van der Waals surface area contributed by atoms with Crippen LogP contribution in [0.25, 0.3) is 22.3 Å². The van der Waals surface area contributed by atoms with Gasteiger partial charge in [-0.2, -0.15) is 0 Å². The van der Waals surface area contributed by atoms with E-state index in [1.165, 1.54) is 6.07 Å². The molecule has 2 heterocycles. The fourth-order valence-corrected chi connectivity index (χ4v) is 2.07. The van der Waals surface area contributed by atoms with E-state index in [1.54, 1.807) is 36.5 Å². The summed E-state index contributed by atoms with van der Waals surface area (Å²) in [6, 6.07) is 11.7. The Morgan fingerprint density at radius 1 is 1.06 bits per heavy atom. The fraction of sp³-hybridized carbons (Fsp3) is 0. The lowest BCUT2D eigenvalue weighted by atomic mass is 10.1. The molecule has 0 bridgehead atoms. The summed E-state index contributed by atoms with van der Waals surface area (Å²) in [4.78, 5) is 8.47. The number of pyridine rings is 2. The molecule has 0 aliphatic rings. The average molecular weight is 259 g/mol. The summed E-state index contributed by atoms with van der Waals surface area (Å²) in [6.45, 7) is 0. The zero-order valence-corrected chi connectivity index (χ0v) is 10.0. The molecule has 3 aromatic rings. The van der Waals surface area contributed by atoms with Gasteiger partial charge in [-0.15, -0.1) is 0 Å². The van der Waals surface area contributed by atoms with Crippen LogP contribution in [0.5, 0.6) is 0 Å². The van der Waals surface area contributed by atoms with Crippen LogP contribution in [0, 0.1) is 5.82 Å². The second kappa shape index (κ2) is 4.35. The van der Waals surface area contributed by atoms with E-state index in [-0.39, 0.29) is 5.82 Å². The van der Waals surface area contributed by atoms with Crippen LogP contribution in [-0.2, 0) is 0 Å². The number of benzene rings is 1. The normalized spacial score (nSPS) is 10.8. The van der Waals surface area contributed by atoms with E-state index in [2.05, 4.69) is 9.97 Å². The van der Waals surface area contributed by atoms with Crippen molar-refractivity contribution in [2.24, 2.45) is 0 Å². The van der Waals surface area contributed by atoms with Crippen LogP contribution in [-0.4, -0.2) is 9.97 Å². The predicted octanol–water partition coefficient (Wildman–Crippen LogP) is 4.09. The van der Waals surface area contributed by atoms with E-state index in [9.17, 15) is 4.39 Å². The SMILES string of the molecule is Fc1ccccc1-c1cc(Cl)c2cccnc2n1. The molecular formula is C14H8ClFN2. The van der Waals surface area contributed by atoms with Gasteiger partial charge in [0.2, 0.25) is 0 Å². The highest BCUT2D eigenvalue weighted by Crippen LogP contribution is 2.28. The van der Waals surface area contributed by atoms with Gasteiger partial charge in [0.15, 0.2) is 5.65 Å². The van der Waals surface area contributed by atoms with Crippen molar-refractivity contribution in [2.75, 3.05) is 0 Å². The molecule has 0 fully saturated rings. The molecule has 18 heavy (non-hydrogen) atoms. The van der Waals surface area contributed by atoms with E-state index in [0.29, 0.717) is 21.9 Å². The van der Waals surface area contributed by atoms with Crippen molar-refractivity contribution in [2.45, 2.75) is 0 Å². The maximum absolute atomic E-state index is 13.7. The van der Waals surface area contributed by atoms with Gasteiger partial charge in [0.05, 0.1) is 10.7 Å². The molecule has 4 heteroatoms. The topological polar surface area (TPSA) is 25.8 Å². The molecule has 0 aliphatic heterocycles. The Balaban J connectivity index is 2.28. The second-order valence-electron chi connectivity index (χ2n) is 3.84. The van der Waals surface area contributed by atoms with Gasteiger partial charge < -0.3 is 0 Å². The number of aromatic nitrogens is 2. The first-order chi connectivity index (χ1) is 8.75. The van der Waals surface area contributed by atoms with Crippen molar-refractivity contribution in [3.05, 3.63) is 59.5 Å². The number of nitrogens with zero attached hydrogens (tertiary/aromatic N) is 2. The van der Waals surface area contributed by atoms with Crippen molar-refractivity contribution < 1.29 is 4.39 Å². The number of hydrogen-bond acceptors (Lipinski definition) is 2. The number of rotatable bonds is 1. The van der Waals surface area contributed by atoms with Crippen LogP contribution < -0.4 is 0 Å². The summed E-state index contributed by atoms with van der Waals surface area (Å²) in [6.07, 6.45) is 1.64. The van der Waals surface area contributed by atoms with Crippen LogP contribution in [0.1, 0.15) is 0 Å². The minimum Gasteiger partial charge on any atom is -0.237 e. The molecule has 0 atom stereocenters. The lowest BCUT2D eigenvalue weighted by Gasteiger charge is -2.05. The highest BCUT2D eigenvalue weighted by molar-refractivity contribution is 6.35. The highest BCUT2D eigenvalue weighted by Gasteiger charge is 2.09. The third kappa shape index (κ3) is 1.83. The minimum atomic E-state index is -0.323. The molecule has 0 amide bonds. The van der Waals surface area contributed by atoms with Crippen LogP contribution in [0.3, 0.4) is 0 Å². The summed E-state index contributed by atoms with van der Waals surface area (Å²) in [5.41, 5.74) is 1.43. The molecule has 0 saturated carbocycles. The van der Waals surface area contributed by atoms with Gasteiger partial charge in [0.25, 0.3) is 0 Å². The second-order valence-corrected chi connectivity index (χ2v) is 4.25. The van der Waals surface area contributed by atoms with Gasteiger partial charge >= 0.3 is 0 Å². The smallest absolute Gasteiger partial charge is 0.161 e. The fourth-order valence-electron chi connectivity index (χ4n) is 1.82. The molecule has 0 radical (unpaired) electrons. The van der Waals surface area contributed by atoms with Crippen LogP contribution >= 0.6 is 11.6 Å². The van der Waals surface area contributed by atoms with Gasteiger partial charge in [-0.3, -0.25) is 0 Å². The first kappa shape index (κ1) is 11.1. The molecule has 0 aliphatic carbocycles. The quantitative estimate of drug-likeness (QED) is 0.657. The van der Waals surface area contributed by atoms with E-state index < -0.39 is 0 Å². The van der Waals surface area contributed by atoms with Crippen molar-refractivity contribution >= 4 is 22.6 Å². The lowest BCUT2D eigenvalue weighted by Crippen LogP contribution is -1.91. The first-order valence-corrected chi connectivity index (χ1v) is 5.79. The summed E-state index contributed by atoms with van der Waals surface area (Å²) in [7, 11) is 0. The Morgan fingerprint density at radius 3 is 2.72 bits per heavy atom. The van der Waals surface area contributed by atoms with Crippen LogP contribution in [0.15, 0.2) is 48.7 Å². The standard InChI is InChI=1S/C14H8ClFN2/c15-11-8-13(10-4-1-2-6-12(10)16)18-14-9(11)5-3-7-17-14/h1-8H. The Hall–Kier alpha value is -2.00. The molecule has 0 N–H and O–H groups in total. The monoisotopic (exact) mass is 258 g/mol. The molecule has 2 aromatic heterocycles. The van der Waals surface area contributed by atoms with Gasteiger partial charge in [-0.1, -0.05) is 23.7 Å².